The second kappa shape index (κ2) is 8.41. The summed E-state index contributed by atoms with van der Waals surface area (Å²) >= 11 is 5.72. The molecule has 9 heteroatoms. The van der Waals surface area contributed by atoms with Gasteiger partial charge in [0.15, 0.2) is 0 Å². The van der Waals surface area contributed by atoms with Crippen molar-refractivity contribution < 1.29 is 23.6 Å². The third-order valence-electron chi connectivity index (χ3n) is 3.14. The Bertz CT molecular complexity index is 800. The topological polar surface area (TPSA) is 90.7 Å². The van der Waals surface area contributed by atoms with Crippen molar-refractivity contribution in [1.29, 1.82) is 0 Å². The van der Waals surface area contributed by atoms with Gasteiger partial charge in [-0.3, -0.25) is 14.9 Å². The van der Waals surface area contributed by atoms with Crippen LogP contribution in [0.5, 0.6) is 5.75 Å². The molecule has 0 radical (unpaired) electrons. The van der Waals surface area contributed by atoms with Crippen molar-refractivity contribution in [3.8, 4) is 5.75 Å². The minimum absolute atomic E-state index is 0.00297. The van der Waals surface area contributed by atoms with Gasteiger partial charge in [0.25, 0.3) is 11.6 Å². The van der Waals surface area contributed by atoms with Gasteiger partial charge in [0.2, 0.25) is 0 Å². The maximum atomic E-state index is 13.5. The summed E-state index contributed by atoms with van der Waals surface area (Å²) in [6.45, 7) is 0.519. The number of nitro benzene ring substituents is 1. The first-order chi connectivity index (χ1) is 11.9. The smallest absolute Gasteiger partial charge is 0.288 e. The highest BCUT2D eigenvalue weighted by Gasteiger charge is 2.17. The van der Waals surface area contributed by atoms with Gasteiger partial charge < -0.3 is 14.8 Å². The molecule has 0 aliphatic carbocycles. The molecule has 0 fully saturated rings. The number of hydrogen-bond donors (Lipinski definition) is 1. The monoisotopic (exact) mass is 368 g/mol. The van der Waals surface area contributed by atoms with Gasteiger partial charge in [0.1, 0.15) is 23.2 Å². The summed E-state index contributed by atoms with van der Waals surface area (Å²) in [6, 6.07) is 7.26. The molecule has 132 valence electrons. The van der Waals surface area contributed by atoms with Gasteiger partial charge in [-0.05, 0) is 24.3 Å². The largest absolute Gasteiger partial charge is 0.489 e. The molecule has 2 aromatic rings. The summed E-state index contributed by atoms with van der Waals surface area (Å²) in [5.74, 6) is -0.992. The van der Waals surface area contributed by atoms with E-state index in [2.05, 4.69) is 5.32 Å². The molecule has 0 saturated carbocycles. The van der Waals surface area contributed by atoms with Gasteiger partial charge in [-0.15, -0.1) is 0 Å². The summed E-state index contributed by atoms with van der Waals surface area (Å²) in [4.78, 5) is 22.5. The Morgan fingerprint density at radius 2 is 2.04 bits per heavy atom. The van der Waals surface area contributed by atoms with Crippen molar-refractivity contribution in [2.45, 2.75) is 0 Å². The zero-order chi connectivity index (χ0) is 18.4. The number of halogens is 2. The molecule has 7 nitrogen and oxygen atoms in total. The van der Waals surface area contributed by atoms with Gasteiger partial charge in [0.05, 0.1) is 17.2 Å². The highest BCUT2D eigenvalue weighted by Crippen LogP contribution is 2.28. The Morgan fingerprint density at radius 3 is 2.72 bits per heavy atom. The normalized spacial score (nSPS) is 10.4. The molecule has 0 atom stereocenters. The van der Waals surface area contributed by atoms with E-state index in [0.717, 1.165) is 12.1 Å². The van der Waals surface area contributed by atoms with Gasteiger partial charge in [-0.2, -0.15) is 0 Å². The molecular formula is C16H14ClFN2O5. The van der Waals surface area contributed by atoms with Crippen LogP contribution in [0, 0.1) is 15.9 Å². The molecule has 0 bridgehead atoms. The molecule has 2 aromatic carbocycles. The van der Waals surface area contributed by atoms with Crippen LogP contribution in [0.3, 0.4) is 0 Å². The number of carbonyl (C=O) groups excluding carboxylic acids is 1. The average molecular weight is 369 g/mol. The van der Waals surface area contributed by atoms with Crippen molar-refractivity contribution in [2.75, 3.05) is 25.6 Å². The second-order valence-electron chi connectivity index (χ2n) is 4.86. The Kier molecular flexibility index (Phi) is 6.26. The van der Waals surface area contributed by atoms with E-state index in [4.69, 9.17) is 21.1 Å². The Hall–Kier alpha value is -2.71. The number of ether oxygens (including phenoxy) is 2. The zero-order valence-electron chi connectivity index (χ0n) is 13.1. The van der Waals surface area contributed by atoms with Crippen molar-refractivity contribution in [1.82, 2.24) is 0 Å². The van der Waals surface area contributed by atoms with Crippen molar-refractivity contribution in [3.63, 3.8) is 0 Å². The van der Waals surface area contributed by atoms with Gasteiger partial charge in [-0.1, -0.05) is 11.6 Å². The molecule has 1 amide bonds. The van der Waals surface area contributed by atoms with Crippen LogP contribution in [0.1, 0.15) is 10.4 Å². The first-order valence-electron chi connectivity index (χ1n) is 7.09. The quantitative estimate of drug-likeness (QED) is 0.457. The molecule has 2 rings (SSSR count). The van der Waals surface area contributed by atoms with Gasteiger partial charge in [-0.25, -0.2) is 4.39 Å². The number of anilines is 1. The molecule has 25 heavy (non-hydrogen) atoms. The van der Waals surface area contributed by atoms with Crippen LogP contribution in [-0.2, 0) is 4.74 Å². The molecule has 1 N–H and O–H groups in total. The summed E-state index contributed by atoms with van der Waals surface area (Å²) < 4.78 is 23.7. The fraction of sp³-hybridized carbons (Fsp3) is 0.188. The van der Waals surface area contributed by atoms with Crippen LogP contribution in [0.15, 0.2) is 36.4 Å². The number of rotatable bonds is 7. The maximum absolute atomic E-state index is 13.5. The van der Waals surface area contributed by atoms with E-state index in [1.807, 2.05) is 0 Å². The fourth-order valence-corrected chi connectivity index (χ4v) is 2.14. The lowest BCUT2D eigenvalue weighted by molar-refractivity contribution is -0.384. The summed E-state index contributed by atoms with van der Waals surface area (Å²) in [5, 5.41) is 13.3. The number of methoxy groups -OCH3 is 1. The van der Waals surface area contributed by atoms with Crippen LogP contribution in [0.25, 0.3) is 0 Å². The first-order valence-corrected chi connectivity index (χ1v) is 7.46. The Balaban J connectivity index is 2.24. The molecule has 0 aliphatic heterocycles. The van der Waals surface area contributed by atoms with E-state index in [1.54, 1.807) is 0 Å². The van der Waals surface area contributed by atoms with E-state index in [0.29, 0.717) is 6.61 Å². The predicted molar refractivity (Wildman–Crippen MR) is 89.8 cm³/mol. The summed E-state index contributed by atoms with van der Waals surface area (Å²) in [6.07, 6.45) is 0. The standard InChI is InChI=1S/C16H14ClFN2O5/c1-24-6-7-25-15-5-3-11(18)9-13(15)19-16(21)10-2-4-12(17)14(8-10)20(22)23/h2-5,8-9H,6-7H2,1H3,(H,19,21). The van der Waals surface area contributed by atoms with Crippen LogP contribution in [0.4, 0.5) is 15.8 Å². The highest BCUT2D eigenvalue weighted by molar-refractivity contribution is 6.32. The van der Waals surface area contributed by atoms with Crippen molar-refractivity contribution >= 4 is 28.9 Å². The number of nitro groups is 1. The van der Waals surface area contributed by atoms with Crippen LogP contribution in [-0.4, -0.2) is 31.2 Å². The molecular weight excluding hydrogens is 355 g/mol. The van der Waals surface area contributed by atoms with Crippen molar-refractivity contribution in [2.24, 2.45) is 0 Å². The van der Waals surface area contributed by atoms with Crippen LogP contribution < -0.4 is 10.1 Å². The Morgan fingerprint density at radius 1 is 1.28 bits per heavy atom. The molecule has 0 heterocycles. The minimum atomic E-state index is -0.694. The van der Waals surface area contributed by atoms with Crippen LogP contribution in [0.2, 0.25) is 5.02 Å². The van der Waals surface area contributed by atoms with Gasteiger partial charge >= 0.3 is 0 Å². The SMILES string of the molecule is COCCOc1ccc(F)cc1NC(=O)c1ccc(Cl)c([N+](=O)[O-])c1. The van der Waals surface area contributed by atoms with E-state index in [9.17, 15) is 19.3 Å². The molecule has 0 aliphatic rings. The maximum Gasteiger partial charge on any atom is 0.288 e. The highest BCUT2D eigenvalue weighted by atomic mass is 35.5. The second-order valence-corrected chi connectivity index (χ2v) is 5.27. The van der Waals surface area contributed by atoms with E-state index in [1.165, 1.54) is 31.4 Å². The molecule has 0 spiro atoms. The van der Waals surface area contributed by atoms with E-state index < -0.39 is 22.3 Å². The van der Waals surface area contributed by atoms with Crippen LogP contribution >= 0.6 is 11.6 Å². The lowest BCUT2D eigenvalue weighted by atomic mass is 10.2. The fourth-order valence-electron chi connectivity index (χ4n) is 1.95. The van der Waals surface area contributed by atoms with E-state index >= 15 is 0 Å². The number of nitrogens with one attached hydrogen (secondary N) is 1. The number of benzene rings is 2. The minimum Gasteiger partial charge on any atom is -0.489 e. The van der Waals surface area contributed by atoms with E-state index in [-0.39, 0.29) is 28.6 Å². The lowest BCUT2D eigenvalue weighted by Gasteiger charge is -2.12. The zero-order valence-corrected chi connectivity index (χ0v) is 13.9. The molecule has 0 saturated heterocycles. The number of carbonyl (C=O) groups is 1. The third-order valence-corrected chi connectivity index (χ3v) is 3.46. The predicted octanol–water partition coefficient (Wildman–Crippen LogP) is 3.66. The number of hydrogen-bond acceptors (Lipinski definition) is 5. The summed E-state index contributed by atoms with van der Waals surface area (Å²) in [5.41, 5.74) is -0.299. The molecule has 0 unspecified atom stereocenters. The summed E-state index contributed by atoms with van der Waals surface area (Å²) in [7, 11) is 1.50. The third kappa shape index (κ3) is 4.88. The number of amides is 1. The van der Waals surface area contributed by atoms with Crippen molar-refractivity contribution in [3.05, 3.63) is 62.9 Å². The Labute approximate surface area is 147 Å². The average Bonchev–Trinajstić information content (AvgIpc) is 2.57. The first kappa shape index (κ1) is 18.6. The number of nitrogens with zero attached hydrogens (tertiary/aromatic N) is 1. The van der Waals surface area contributed by atoms with Gasteiger partial charge in [0, 0.05) is 24.8 Å². The molecule has 0 aromatic heterocycles. The lowest BCUT2D eigenvalue weighted by Crippen LogP contribution is -2.14.